The Morgan fingerprint density at radius 3 is 1.36 bits per heavy atom. The Balaban J connectivity index is 4.23. The number of aliphatic hydroxyl groups excluding tert-OH is 1. The van der Waals surface area contributed by atoms with Gasteiger partial charge in [0.25, 0.3) is 7.82 Å². The standard InChI is InChI=1S/C41H85N2O6P/c1-6-8-10-12-14-16-17-18-19-20-21-22-23-24-25-27-29-31-33-35-41(45)42-39(38-49-50(46,47)48-37-36-43(3,4)5)40(44)34-32-30-28-26-15-13-11-9-7-2/h39-40,44H,6-38H2,1-5H3,(H-,42,45,46,47). The van der Waals surface area contributed by atoms with Crippen LogP contribution in [-0.2, 0) is 18.4 Å². The maximum atomic E-state index is 12.8. The van der Waals surface area contributed by atoms with Crippen LogP contribution in [0.15, 0.2) is 0 Å². The van der Waals surface area contributed by atoms with E-state index in [0.29, 0.717) is 23.9 Å². The second kappa shape index (κ2) is 34.3. The predicted octanol–water partition coefficient (Wildman–Crippen LogP) is 10.8. The number of unbranched alkanes of at least 4 members (excludes halogenated alkanes) is 26. The number of nitrogens with one attached hydrogen (secondary N) is 1. The molecule has 3 atom stereocenters. The minimum absolute atomic E-state index is 0.0156. The molecule has 0 aromatic carbocycles. The fourth-order valence-corrected chi connectivity index (χ4v) is 7.12. The average molecular weight is 733 g/mol. The molecule has 0 aliphatic carbocycles. The van der Waals surface area contributed by atoms with E-state index in [1.165, 1.54) is 141 Å². The first-order chi connectivity index (χ1) is 24.0. The highest BCUT2D eigenvalue weighted by molar-refractivity contribution is 7.45. The number of phosphoric acid groups is 1. The molecule has 1 amide bonds. The van der Waals surface area contributed by atoms with Crippen molar-refractivity contribution in [3.63, 3.8) is 0 Å². The Morgan fingerprint density at radius 2 is 0.980 bits per heavy atom. The number of nitrogens with zero attached hydrogens (tertiary/aromatic N) is 1. The van der Waals surface area contributed by atoms with Crippen molar-refractivity contribution in [1.29, 1.82) is 0 Å². The molecular weight excluding hydrogens is 647 g/mol. The molecule has 50 heavy (non-hydrogen) atoms. The number of hydrogen-bond acceptors (Lipinski definition) is 6. The van der Waals surface area contributed by atoms with Gasteiger partial charge in [-0.05, 0) is 12.8 Å². The molecule has 0 aromatic rings. The third kappa shape index (κ3) is 35.9. The summed E-state index contributed by atoms with van der Waals surface area (Å²) in [6.45, 7) is 4.71. The number of amides is 1. The number of carbonyl (C=O) groups is 1. The minimum Gasteiger partial charge on any atom is -0.756 e. The van der Waals surface area contributed by atoms with E-state index in [0.717, 1.165) is 38.5 Å². The third-order valence-corrected chi connectivity index (χ3v) is 10.8. The van der Waals surface area contributed by atoms with Gasteiger partial charge in [-0.1, -0.05) is 187 Å². The summed E-state index contributed by atoms with van der Waals surface area (Å²) in [4.78, 5) is 25.2. The average Bonchev–Trinajstić information content (AvgIpc) is 3.06. The topological polar surface area (TPSA) is 108 Å². The zero-order chi connectivity index (χ0) is 37.2. The van der Waals surface area contributed by atoms with Crippen LogP contribution in [-0.4, -0.2) is 68.5 Å². The van der Waals surface area contributed by atoms with Crippen LogP contribution >= 0.6 is 7.82 Å². The molecule has 0 aliphatic heterocycles. The third-order valence-electron chi connectivity index (χ3n) is 9.85. The Labute approximate surface area is 310 Å². The van der Waals surface area contributed by atoms with Crippen molar-refractivity contribution in [3.05, 3.63) is 0 Å². The summed E-state index contributed by atoms with van der Waals surface area (Å²) >= 11 is 0. The van der Waals surface area contributed by atoms with E-state index in [9.17, 15) is 19.4 Å². The molecular formula is C41H85N2O6P. The Kier molecular flexibility index (Phi) is 33.9. The molecule has 0 bridgehead atoms. The number of quaternary nitrogens is 1. The van der Waals surface area contributed by atoms with E-state index in [2.05, 4.69) is 19.2 Å². The van der Waals surface area contributed by atoms with Gasteiger partial charge in [-0.2, -0.15) is 0 Å². The summed E-state index contributed by atoms with van der Waals surface area (Å²) in [7, 11) is 1.31. The lowest BCUT2D eigenvalue weighted by atomic mass is 10.0. The molecule has 300 valence electrons. The highest BCUT2D eigenvalue weighted by Gasteiger charge is 2.24. The Hall–Kier alpha value is -0.500. The van der Waals surface area contributed by atoms with E-state index in [1.54, 1.807) is 0 Å². The quantitative estimate of drug-likeness (QED) is 0.0370. The monoisotopic (exact) mass is 733 g/mol. The van der Waals surface area contributed by atoms with Gasteiger partial charge in [-0.3, -0.25) is 9.36 Å². The first kappa shape index (κ1) is 49.5. The van der Waals surface area contributed by atoms with E-state index >= 15 is 0 Å². The Morgan fingerprint density at radius 1 is 0.620 bits per heavy atom. The van der Waals surface area contributed by atoms with E-state index in [4.69, 9.17) is 9.05 Å². The van der Waals surface area contributed by atoms with Crippen LogP contribution < -0.4 is 10.2 Å². The van der Waals surface area contributed by atoms with Crippen LogP contribution in [0.1, 0.15) is 206 Å². The molecule has 0 heterocycles. The minimum atomic E-state index is -4.55. The summed E-state index contributed by atoms with van der Waals surface area (Å²) in [5.41, 5.74) is 0. The van der Waals surface area contributed by atoms with Gasteiger partial charge in [0.05, 0.1) is 39.9 Å². The van der Waals surface area contributed by atoms with Gasteiger partial charge in [-0.25, -0.2) is 0 Å². The fourth-order valence-electron chi connectivity index (χ4n) is 6.39. The van der Waals surface area contributed by atoms with Crippen LogP contribution in [0.3, 0.4) is 0 Å². The fraction of sp³-hybridized carbons (Fsp3) is 0.976. The maximum absolute atomic E-state index is 12.8. The zero-order valence-corrected chi connectivity index (χ0v) is 34.8. The second-order valence-electron chi connectivity index (χ2n) is 16.1. The van der Waals surface area contributed by atoms with Crippen LogP contribution in [0.2, 0.25) is 0 Å². The van der Waals surface area contributed by atoms with Crippen LogP contribution in [0.4, 0.5) is 0 Å². The maximum Gasteiger partial charge on any atom is 0.268 e. The number of phosphoric ester groups is 1. The van der Waals surface area contributed by atoms with Gasteiger partial charge in [0.1, 0.15) is 13.2 Å². The zero-order valence-electron chi connectivity index (χ0n) is 33.9. The molecule has 0 aromatic heterocycles. The van der Waals surface area contributed by atoms with Gasteiger partial charge in [0.15, 0.2) is 0 Å². The summed E-state index contributed by atoms with van der Waals surface area (Å²) in [5, 5.41) is 13.8. The lowest BCUT2D eigenvalue weighted by Crippen LogP contribution is -2.46. The number of rotatable bonds is 39. The number of aliphatic hydroxyl groups is 1. The smallest absolute Gasteiger partial charge is 0.268 e. The molecule has 0 aliphatic rings. The van der Waals surface area contributed by atoms with Crippen molar-refractivity contribution < 1.29 is 32.9 Å². The lowest BCUT2D eigenvalue weighted by Gasteiger charge is -2.30. The van der Waals surface area contributed by atoms with Gasteiger partial charge in [0, 0.05) is 6.42 Å². The van der Waals surface area contributed by atoms with Gasteiger partial charge in [0.2, 0.25) is 5.91 Å². The molecule has 9 heteroatoms. The van der Waals surface area contributed by atoms with Crippen LogP contribution in [0, 0.1) is 0 Å². The lowest BCUT2D eigenvalue weighted by molar-refractivity contribution is -0.870. The summed E-state index contributed by atoms with van der Waals surface area (Å²) in [6.07, 6.45) is 35.4. The summed E-state index contributed by atoms with van der Waals surface area (Å²) in [5.74, 6) is -0.164. The van der Waals surface area contributed by atoms with Crippen LogP contribution in [0.25, 0.3) is 0 Å². The number of carbonyl (C=O) groups excluding carboxylic acids is 1. The van der Waals surface area contributed by atoms with Gasteiger partial charge < -0.3 is 28.8 Å². The van der Waals surface area contributed by atoms with Crippen molar-refractivity contribution in [3.8, 4) is 0 Å². The molecule has 0 spiro atoms. The number of likely N-dealkylation sites (N-methyl/N-ethyl adjacent to an activating group) is 1. The number of hydrogen-bond donors (Lipinski definition) is 2. The highest BCUT2D eigenvalue weighted by atomic mass is 31.2. The van der Waals surface area contributed by atoms with Crippen molar-refractivity contribution in [1.82, 2.24) is 5.32 Å². The first-order valence-corrected chi connectivity index (χ1v) is 22.8. The molecule has 8 nitrogen and oxygen atoms in total. The molecule has 2 N–H and O–H groups in total. The van der Waals surface area contributed by atoms with Crippen molar-refractivity contribution in [2.24, 2.45) is 0 Å². The molecule has 3 unspecified atom stereocenters. The molecule has 0 rings (SSSR count). The largest absolute Gasteiger partial charge is 0.756 e. The molecule has 0 radical (unpaired) electrons. The van der Waals surface area contributed by atoms with E-state index < -0.39 is 20.0 Å². The molecule has 0 fully saturated rings. The molecule has 0 saturated carbocycles. The van der Waals surface area contributed by atoms with Crippen LogP contribution in [0.5, 0.6) is 0 Å². The van der Waals surface area contributed by atoms with Crippen molar-refractivity contribution in [2.45, 2.75) is 219 Å². The summed E-state index contributed by atoms with van der Waals surface area (Å²) < 4.78 is 23.2. The van der Waals surface area contributed by atoms with E-state index in [1.807, 2.05) is 21.1 Å². The normalized spacial score (nSPS) is 14.5. The van der Waals surface area contributed by atoms with Gasteiger partial charge in [-0.15, -0.1) is 0 Å². The predicted molar refractivity (Wildman–Crippen MR) is 210 cm³/mol. The SMILES string of the molecule is CCCCCCCCCCCCCCCCCCCCCC(=O)NC(COP(=O)([O-])OCC[N+](C)(C)C)C(O)CCCCCCCCCCC. The highest BCUT2D eigenvalue weighted by Crippen LogP contribution is 2.38. The molecule has 0 saturated heterocycles. The second-order valence-corrected chi connectivity index (χ2v) is 17.5. The summed E-state index contributed by atoms with van der Waals surface area (Å²) in [6, 6.07) is -0.791. The first-order valence-electron chi connectivity index (χ1n) is 21.4. The van der Waals surface area contributed by atoms with Crippen molar-refractivity contribution >= 4 is 13.7 Å². The van der Waals surface area contributed by atoms with Gasteiger partial charge >= 0.3 is 0 Å². The van der Waals surface area contributed by atoms with E-state index in [-0.39, 0.29) is 19.1 Å². The Bertz CT molecular complexity index is 794. The van der Waals surface area contributed by atoms with Crippen molar-refractivity contribution in [2.75, 3.05) is 40.9 Å².